The minimum absolute atomic E-state index is 0.100. The van der Waals surface area contributed by atoms with Gasteiger partial charge in [-0.25, -0.2) is 13.1 Å². The van der Waals surface area contributed by atoms with Crippen LogP contribution in [0.5, 0.6) is 0 Å². The number of benzene rings is 4. The Labute approximate surface area is 250 Å². The first kappa shape index (κ1) is 29.6. The average molecular weight is 617 g/mol. The highest BCUT2D eigenvalue weighted by Gasteiger charge is 2.29. The molecule has 0 saturated carbocycles. The van der Waals surface area contributed by atoms with E-state index in [0.717, 1.165) is 23.3 Å². The van der Waals surface area contributed by atoms with Gasteiger partial charge in [-0.05, 0) is 41.8 Å². The largest absolute Gasteiger partial charge is 0.273 e. The fraction of sp³-hybridized carbons (Fsp3) is 0.103. The van der Waals surface area contributed by atoms with Crippen LogP contribution in [0.3, 0.4) is 0 Å². The number of nitro groups is 2. The summed E-state index contributed by atoms with van der Waals surface area (Å²) in [6, 6.07) is 28.4. The molecular formula is C29H24N6O6S2. The van der Waals surface area contributed by atoms with Gasteiger partial charge in [-0.3, -0.25) is 24.8 Å². The second-order valence-electron chi connectivity index (χ2n) is 9.34. The molecule has 12 nitrogen and oxygen atoms in total. The summed E-state index contributed by atoms with van der Waals surface area (Å²) in [4.78, 5) is 21.1. The van der Waals surface area contributed by atoms with Gasteiger partial charge in [0.25, 0.3) is 11.4 Å². The van der Waals surface area contributed by atoms with E-state index in [1.807, 2.05) is 60.7 Å². The molecule has 1 unspecified atom stereocenters. The first-order valence-corrected chi connectivity index (χ1v) is 15.4. The molecule has 1 aromatic heterocycles. The van der Waals surface area contributed by atoms with Crippen molar-refractivity contribution < 1.29 is 18.3 Å². The molecule has 0 bridgehead atoms. The highest BCUT2D eigenvalue weighted by Crippen LogP contribution is 2.31. The Morgan fingerprint density at radius 2 is 1.28 bits per heavy atom. The predicted molar refractivity (Wildman–Crippen MR) is 160 cm³/mol. The number of nitrogens with one attached hydrogen (secondary N) is 1. The van der Waals surface area contributed by atoms with Gasteiger partial charge in [0.05, 0.1) is 20.8 Å². The van der Waals surface area contributed by atoms with Gasteiger partial charge in [0.15, 0.2) is 11.0 Å². The number of rotatable bonds is 12. The van der Waals surface area contributed by atoms with E-state index >= 15 is 0 Å². The normalized spacial score (nSPS) is 12.1. The highest BCUT2D eigenvalue weighted by molar-refractivity contribution is 7.98. The first-order chi connectivity index (χ1) is 20.7. The van der Waals surface area contributed by atoms with Crippen molar-refractivity contribution in [1.29, 1.82) is 0 Å². The Morgan fingerprint density at radius 3 is 1.84 bits per heavy atom. The standard InChI is InChI=1S/C29H24N6O6S2/c36-34(37)24-13-11-23(12-14-24)33-28(30-31-29(33)42-20-22-9-5-2-6-10-22)27(19-21-7-3-1-4-8-21)32-43(40,41)26-17-15-25(16-18-26)35(38)39/h1-18,27,32H,19-20H2. The Balaban J connectivity index is 1.58. The van der Waals surface area contributed by atoms with Gasteiger partial charge < -0.3 is 0 Å². The number of thioether (sulfide) groups is 1. The number of nitro benzene ring substituents is 2. The lowest BCUT2D eigenvalue weighted by atomic mass is 10.1. The zero-order valence-corrected chi connectivity index (χ0v) is 24.0. The molecule has 1 heterocycles. The molecule has 5 aromatic rings. The lowest BCUT2D eigenvalue weighted by Gasteiger charge is -2.20. The number of hydrogen-bond acceptors (Lipinski definition) is 9. The second-order valence-corrected chi connectivity index (χ2v) is 12.0. The van der Waals surface area contributed by atoms with Crippen LogP contribution in [0.4, 0.5) is 11.4 Å². The average Bonchev–Trinajstić information content (AvgIpc) is 3.45. The SMILES string of the molecule is O=[N+]([O-])c1ccc(-n2c(SCc3ccccc3)nnc2C(Cc2ccccc2)NS(=O)(=O)c2ccc([N+](=O)[O-])cc2)cc1. The minimum Gasteiger partial charge on any atom is -0.273 e. The smallest absolute Gasteiger partial charge is 0.269 e. The lowest BCUT2D eigenvalue weighted by Crippen LogP contribution is -2.32. The third-order valence-corrected chi connectivity index (χ3v) is 8.93. The van der Waals surface area contributed by atoms with E-state index in [4.69, 9.17) is 0 Å². The topological polar surface area (TPSA) is 163 Å². The zero-order chi connectivity index (χ0) is 30.4. The van der Waals surface area contributed by atoms with Gasteiger partial charge >= 0.3 is 0 Å². The van der Waals surface area contributed by atoms with Crippen molar-refractivity contribution in [1.82, 2.24) is 19.5 Å². The lowest BCUT2D eigenvalue weighted by molar-refractivity contribution is -0.385. The second kappa shape index (κ2) is 12.9. The summed E-state index contributed by atoms with van der Waals surface area (Å²) in [6.07, 6.45) is 0.196. The predicted octanol–water partition coefficient (Wildman–Crippen LogP) is 5.64. The molecule has 0 fully saturated rings. The molecule has 0 aliphatic heterocycles. The van der Waals surface area contributed by atoms with Crippen LogP contribution < -0.4 is 4.72 Å². The molecule has 5 rings (SSSR count). The molecule has 14 heteroatoms. The third kappa shape index (κ3) is 7.12. The molecule has 218 valence electrons. The van der Waals surface area contributed by atoms with Crippen molar-refractivity contribution in [3.8, 4) is 5.69 Å². The van der Waals surface area contributed by atoms with Gasteiger partial charge in [-0.1, -0.05) is 72.4 Å². The van der Waals surface area contributed by atoms with Crippen molar-refractivity contribution in [2.45, 2.75) is 28.3 Å². The molecule has 0 amide bonds. The van der Waals surface area contributed by atoms with Crippen molar-refractivity contribution in [2.75, 3.05) is 0 Å². The molecule has 4 aromatic carbocycles. The van der Waals surface area contributed by atoms with Gasteiger partial charge in [0.1, 0.15) is 0 Å². The molecule has 0 spiro atoms. The van der Waals surface area contributed by atoms with Crippen LogP contribution in [0.25, 0.3) is 5.69 Å². The maximum absolute atomic E-state index is 13.6. The molecule has 0 saturated heterocycles. The molecule has 1 atom stereocenters. The number of aromatic nitrogens is 3. The Hall–Kier alpha value is -4.92. The van der Waals surface area contributed by atoms with Gasteiger partial charge in [-0.2, -0.15) is 0 Å². The first-order valence-electron chi connectivity index (χ1n) is 12.9. The molecule has 0 aliphatic carbocycles. The molecule has 43 heavy (non-hydrogen) atoms. The summed E-state index contributed by atoms with van der Waals surface area (Å²) in [6.45, 7) is 0. The van der Waals surface area contributed by atoms with Crippen LogP contribution in [0, 0.1) is 20.2 Å². The monoisotopic (exact) mass is 616 g/mol. The number of nitrogens with zero attached hydrogens (tertiary/aromatic N) is 5. The van der Waals surface area contributed by atoms with Crippen LogP contribution in [-0.2, 0) is 22.2 Å². The molecule has 0 radical (unpaired) electrons. The van der Waals surface area contributed by atoms with Crippen LogP contribution >= 0.6 is 11.8 Å². The van der Waals surface area contributed by atoms with Crippen molar-refractivity contribution in [3.05, 3.63) is 146 Å². The maximum Gasteiger partial charge on any atom is 0.269 e. The summed E-state index contributed by atoms with van der Waals surface area (Å²) in [5.41, 5.74) is 2.02. The van der Waals surface area contributed by atoms with Gasteiger partial charge in [-0.15, -0.1) is 10.2 Å². The fourth-order valence-corrected chi connectivity index (χ4v) is 6.44. The molecule has 0 aliphatic rings. The summed E-state index contributed by atoms with van der Waals surface area (Å²) in [5.74, 6) is 0.808. The maximum atomic E-state index is 13.6. The number of sulfonamides is 1. The Bertz CT molecular complexity index is 1830. The minimum atomic E-state index is -4.18. The van der Waals surface area contributed by atoms with E-state index in [0.29, 0.717) is 16.6 Å². The van der Waals surface area contributed by atoms with Crippen molar-refractivity contribution in [2.24, 2.45) is 0 Å². The highest BCUT2D eigenvalue weighted by atomic mass is 32.2. The Morgan fingerprint density at radius 1 is 0.744 bits per heavy atom. The molecular weight excluding hydrogens is 592 g/mol. The summed E-state index contributed by atoms with van der Waals surface area (Å²) in [5, 5.41) is 31.7. The van der Waals surface area contributed by atoms with E-state index in [9.17, 15) is 28.6 Å². The van der Waals surface area contributed by atoms with Crippen molar-refractivity contribution >= 4 is 33.2 Å². The van der Waals surface area contributed by atoms with Gasteiger partial charge in [0.2, 0.25) is 10.0 Å². The van der Waals surface area contributed by atoms with Crippen molar-refractivity contribution in [3.63, 3.8) is 0 Å². The number of non-ortho nitro benzene ring substituents is 2. The fourth-order valence-electron chi connectivity index (χ4n) is 4.33. The summed E-state index contributed by atoms with van der Waals surface area (Å²) >= 11 is 1.38. The van der Waals surface area contributed by atoms with E-state index in [1.54, 1.807) is 16.7 Å². The van der Waals surface area contributed by atoms with Crippen LogP contribution in [-0.4, -0.2) is 33.0 Å². The Kier molecular flexibility index (Phi) is 8.90. The van der Waals surface area contributed by atoms with Crippen LogP contribution in [0.1, 0.15) is 23.0 Å². The quantitative estimate of drug-likeness (QED) is 0.106. The zero-order valence-electron chi connectivity index (χ0n) is 22.4. The third-order valence-electron chi connectivity index (χ3n) is 6.44. The van der Waals surface area contributed by atoms with Crippen LogP contribution in [0.2, 0.25) is 0 Å². The molecule has 1 N–H and O–H groups in total. The summed E-state index contributed by atoms with van der Waals surface area (Å²) in [7, 11) is -4.18. The van der Waals surface area contributed by atoms with E-state index in [2.05, 4.69) is 14.9 Å². The van der Waals surface area contributed by atoms with E-state index in [1.165, 1.54) is 36.0 Å². The van der Waals surface area contributed by atoms with Crippen LogP contribution in [0.15, 0.2) is 119 Å². The van der Waals surface area contributed by atoms with Gasteiger partial charge in [0, 0.05) is 35.7 Å². The van der Waals surface area contributed by atoms with E-state index < -0.39 is 25.9 Å². The summed E-state index contributed by atoms with van der Waals surface area (Å²) < 4.78 is 31.5. The van der Waals surface area contributed by atoms with E-state index in [-0.39, 0.29) is 28.5 Å². The number of hydrogen-bond donors (Lipinski definition) is 1.